The second kappa shape index (κ2) is 13.5. The van der Waals surface area contributed by atoms with E-state index in [1.807, 2.05) is 36.9 Å². The SMILES string of the molecule is CC(C)c1ccc(CN(C(=O)[C@@H]2CCCN(c3cccc(OC(C)(C)C(=O)N4CCNCC4)c3)C2)C2CC2)cc1.Cl. The van der Waals surface area contributed by atoms with Gasteiger partial charge in [0.1, 0.15) is 5.75 Å². The summed E-state index contributed by atoms with van der Waals surface area (Å²) in [5.74, 6) is 1.48. The summed E-state index contributed by atoms with van der Waals surface area (Å²) in [6.07, 6.45) is 4.12. The third-order valence-electron chi connectivity index (χ3n) is 8.52. The predicted molar refractivity (Wildman–Crippen MR) is 167 cm³/mol. The number of nitrogens with zero attached hydrogens (tertiary/aromatic N) is 3. The second-order valence-corrected chi connectivity index (χ2v) is 12.5. The van der Waals surface area contributed by atoms with Gasteiger partial charge in [0.15, 0.2) is 5.60 Å². The Kier molecular flexibility index (Phi) is 10.2. The van der Waals surface area contributed by atoms with Crippen molar-refractivity contribution in [3.05, 3.63) is 59.7 Å². The van der Waals surface area contributed by atoms with E-state index in [4.69, 9.17) is 4.74 Å². The smallest absolute Gasteiger partial charge is 0.266 e. The van der Waals surface area contributed by atoms with Gasteiger partial charge in [-0.15, -0.1) is 12.4 Å². The molecule has 3 fully saturated rings. The summed E-state index contributed by atoms with van der Waals surface area (Å²) < 4.78 is 6.28. The fraction of sp³-hybridized carbons (Fsp3) is 0.576. The first kappa shape index (κ1) is 31.2. The standard InChI is InChI=1S/C33H46N4O3.ClH/c1-24(2)26-12-10-25(11-13-26)22-37(28-14-15-28)31(38)27-7-6-18-36(23-27)29-8-5-9-30(21-29)40-33(3,4)32(39)35-19-16-34-17-20-35;/h5,8-13,21,24,27-28,34H,6-7,14-20,22-23H2,1-4H3;1H/t27-;/m1./s1. The molecular formula is C33H47ClN4O3. The van der Waals surface area contributed by atoms with Gasteiger partial charge in [-0.2, -0.15) is 0 Å². The number of amides is 2. The average molecular weight is 583 g/mol. The number of piperidine rings is 1. The highest BCUT2D eigenvalue weighted by Crippen LogP contribution is 2.33. The number of nitrogens with one attached hydrogen (secondary N) is 1. The number of piperazine rings is 1. The van der Waals surface area contributed by atoms with Gasteiger partial charge in [-0.05, 0) is 68.7 Å². The average Bonchev–Trinajstić information content (AvgIpc) is 3.81. The van der Waals surface area contributed by atoms with Crippen molar-refractivity contribution in [3.8, 4) is 5.75 Å². The molecule has 0 radical (unpaired) electrons. The van der Waals surface area contributed by atoms with Crippen LogP contribution in [0.3, 0.4) is 0 Å². The Bertz CT molecular complexity index is 1180. The molecule has 0 unspecified atom stereocenters. The van der Waals surface area contributed by atoms with Crippen molar-refractivity contribution >= 4 is 29.9 Å². The molecule has 2 aliphatic heterocycles. The zero-order chi connectivity index (χ0) is 28.3. The Balaban J connectivity index is 0.00000387. The molecule has 224 valence electrons. The molecule has 1 saturated carbocycles. The number of carbonyl (C=O) groups excluding carboxylic acids is 2. The van der Waals surface area contributed by atoms with Crippen LogP contribution in [-0.4, -0.2) is 72.5 Å². The first-order chi connectivity index (χ1) is 19.2. The van der Waals surface area contributed by atoms with Crippen molar-refractivity contribution in [2.45, 2.75) is 77.5 Å². The highest BCUT2D eigenvalue weighted by Gasteiger charge is 2.38. The zero-order valence-corrected chi connectivity index (χ0v) is 25.9. The van der Waals surface area contributed by atoms with Crippen molar-refractivity contribution in [2.75, 3.05) is 44.2 Å². The van der Waals surface area contributed by atoms with E-state index < -0.39 is 5.60 Å². The molecule has 7 nitrogen and oxygen atoms in total. The van der Waals surface area contributed by atoms with E-state index >= 15 is 0 Å². The zero-order valence-electron chi connectivity index (χ0n) is 25.1. The number of carbonyl (C=O) groups is 2. The summed E-state index contributed by atoms with van der Waals surface area (Å²) >= 11 is 0. The van der Waals surface area contributed by atoms with Crippen molar-refractivity contribution in [3.63, 3.8) is 0 Å². The number of hydrogen-bond acceptors (Lipinski definition) is 5. The van der Waals surface area contributed by atoms with E-state index in [2.05, 4.69) is 59.3 Å². The van der Waals surface area contributed by atoms with Gasteiger partial charge < -0.3 is 24.8 Å². The van der Waals surface area contributed by atoms with Crippen LogP contribution in [0.4, 0.5) is 5.69 Å². The van der Waals surface area contributed by atoms with Gasteiger partial charge in [-0.1, -0.05) is 44.2 Å². The molecule has 3 aliphatic rings. The molecule has 8 heteroatoms. The first-order valence-corrected chi connectivity index (χ1v) is 15.1. The molecule has 2 aromatic rings. The largest absolute Gasteiger partial charge is 0.478 e. The van der Waals surface area contributed by atoms with Gasteiger partial charge >= 0.3 is 0 Å². The van der Waals surface area contributed by atoms with Gasteiger partial charge in [0.2, 0.25) is 5.91 Å². The molecule has 2 amide bonds. The van der Waals surface area contributed by atoms with Crippen molar-refractivity contribution < 1.29 is 14.3 Å². The molecule has 1 atom stereocenters. The first-order valence-electron chi connectivity index (χ1n) is 15.1. The highest BCUT2D eigenvalue weighted by molar-refractivity contribution is 5.85. The molecule has 0 spiro atoms. The van der Waals surface area contributed by atoms with Crippen LogP contribution >= 0.6 is 12.4 Å². The highest BCUT2D eigenvalue weighted by atomic mass is 35.5. The van der Waals surface area contributed by atoms with Gasteiger partial charge in [-0.25, -0.2) is 0 Å². The van der Waals surface area contributed by atoms with E-state index in [1.54, 1.807) is 0 Å². The van der Waals surface area contributed by atoms with Crippen LogP contribution in [-0.2, 0) is 16.1 Å². The van der Waals surface area contributed by atoms with Crippen LogP contribution in [0, 0.1) is 5.92 Å². The Hall–Kier alpha value is -2.77. The number of ether oxygens (including phenoxy) is 1. The Morgan fingerprint density at radius 3 is 2.39 bits per heavy atom. The molecule has 2 saturated heterocycles. The normalized spacial score (nSPS) is 19.5. The third-order valence-corrected chi connectivity index (χ3v) is 8.52. The van der Waals surface area contributed by atoms with E-state index in [0.29, 0.717) is 43.9 Å². The van der Waals surface area contributed by atoms with E-state index in [9.17, 15) is 9.59 Å². The molecule has 2 heterocycles. The molecular weight excluding hydrogens is 536 g/mol. The third kappa shape index (κ3) is 7.75. The lowest BCUT2D eigenvalue weighted by molar-refractivity contribution is -0.146. The lowest BCUT2D eigenvalue weighted by Crippen LogP contribution is -2.54. The van der Waals surface area contributed by atoms with Gasteiger partial charge in [0.05, 0.1) is 5.92 Å². The molecule has 0 aromatic heterocycles. The lowest BCUT2D eigenvalue weighted by Gasteiger charge is -2.37. The van der Waals surface area contributed by atoms with Crippen LogP contribution in [0.1, 0.15) is 70.4 Å². The van der Waals surface area contributed by atoms with Crippen LogP contribution in [0.25, 0.3) is 0 Å². The van der Waals surface area contributed by atoms with Gasteiger partial charge in [0.25, 0.3) is 5.91 Å². The summed E-state index contributed by atoms with van der Waals surface area (Å²) in [5.41, 5.74) is 2.63. The van der Waals surface area contributed by atoms with Crippen molar-refractivity contribution in [2.24, 2.45) is 5.92 Å². The van der Waals surface area contributed by atoms with E-state index in [0.717, 1.165) is 51.0 Å². The van der Waals surface area contributed by atoms with Gasteiger partial charge in [-0.3, -0.25) is 9.59 Å². The summed E-state index contributed by atoms with van der Waals surface area (Å²) in [6, 6.07) is 17.2. The fourth-order valence-electron chi connectivity index (χ4n) is 5.96. The van der Waals surface area contributed by atoms with E-state index in [1.165, 1.54) is 11.1 Å². The Morgan fingerprint density at radius 2 is 1.73 bits per heavy atom. The topological polar surface area (TPSA) is 65.1 Å². The van der Waals surface area contributed by atoms with Gasteiger partial charge in [0, 0.05) is 63.6 Å². The minimum atomic E-state index is -0.950. The minimum Gasteiger partial charge on any atom is -0.478 e. The van der Waals surface area contributed by atoms with E-state index in [-0.39, 0.29) is 30.1 Å². The maximum absolute atomic E-state index is 13.8. The molecule has 1 aliphatic carbocycles. The maximum Gasteiger partial charge on any atom is 0.266 e. The van der Waals surface area contributed by atoms with Crippen molar-refractivity contribution in [1.29, 1.82) is 0 Å². The van der Waals surface area contributed by atoms with Crippen LogP contribution < -0.4 is 15.0 Å². The number of hydrogen-bond donors (Lipinski definition) is 1. The van der Waals surface area contributed by atoms with Crippen LogP contribution in [0.2, 0.25) is 0 Å². The molecule has 5 rings (SSSR count). The monoisotopic (exact) mass is 582 g/mol. The summed E-state index contributed by atoms with van der Waals surface area (Å²) in [5, 5.41) is 3.29. The number of benzene rings is 2. The molecule has 1 N–H and O–H groups in total. The number of halogens is 1. The number of rotatable bonds is 9. The molecule has 2 aromatic carbocycles. The fourth-order valence-corrected chi connectivity index (χ4v) is 5.96. The van der Waals surface area contributed by atoms with Crippen LogP contribution in [0.15, 0.2) is 48.5 Å². The Morgan fingerprint density at radius 1 is 1.02 bits per heavy atom. The predicted octanol–water partition coefficient (Wildman–Crippen LogP) is 5.23. The lowest BCUT2D eigenvalue weighted by atomic mass is 9.95. The summed E-state index contributed by atoms with van der Waals surface area (Å²) in [7, 11) is 0. The summed E-state index contributed by atoms with van der Waals surface area (Å²) in [4.78, 5) is 33.3. The maximum atomic E-state index is 13.8. The second-order valence-electron chi connectivity index (χ2n) is 12.5. The summed E-state index contributed by atoms with van der Waals surface area (Å²) in [6.45, 7) is 13.5. The minimum absolute atomic E-state index is 0. The van der Waals surface area contributed by atoms with Crippen molar-refractivity contribution in [1.82, 2.24) is 15.1 Å². The number of anilines is 1. The Labute approximate surface area is 252 Å². The quantitative estimate of drug-likeness (QED) is 0.439. The molecule has 41 heavy (non-hydrogen) atoms. The van der Waals surface area contributed by atoms with Crippen LogP contribution in [0.5, 0.6) is 5.75 Å². The molecule has 0 bridgehead atoms.